The van der Waals surface area contributed by atoms with Crippen molar-refractivity contribution in [3.8, 4) is 0 Å². The summed E-state index contributed by atoms with van der Waals surface area (Å²) >= 11 is 0. The van der Waals surface area contributed by atoms with E-state index in [9.17, 15) is 9.90 Å². The molecule has 0 saturated carbocycles. The minimum Gasteiger partial charge on any atom is -0.448 e. The molecule has 3 rings (SSSR count). The number of hydrogen-bond acceptors (Lipinski definition) is 8. The highest BCUT2D eigenvalue weighted by Gasteiger charge is 2.37. The molecule has 1 atom stereocenters. The Balaban J connectivity index is 1.61. The first-order chi connectivity index (χ1) is 11.9. The lowest BCUT2D eigenvalue weighted by Gasteiger charge is -2.24. The van der Waals surface area contributed by atoms with Crippen LogP contribution < -0.4 is 15.1 Å². The average molecular weight is 346 g/mol. The molecule has 134 valence electrons. The fourth-order valence-electron chi connectivity index (χ4n) is 2.75. The lowest BCUT2D eigenvalue weighted by atomic mass is 10.0. The number of carbonyl (C=O) groups is 1. The Morgan fingerprint density at radius 1 is 1.48 bits per heavy atom. The number of aryl methyl sites for hydroxylation is 1. The van der Waals surface area contributed by atoms with Gasteiger partial charge in [-0.15, -0.1) is 0 Å². The van der Waals surface area contributed by atoms with Gasteiger partial charge in [-0.25, -0.2) is 15.0 Å². The van der Waals surface area contributed by atoms with E-state index in [1.807, 2.05) is 30.0 Å². The molecule has 9 nitrogen and oxygen atoms in total. The van der Waals surface area contributed by atoms with Crippen LogP contribution in [0.3, 0.4) is 0 Å². The smallest absolute Gasteiger partial charge is 0.273 e. The molecule has 1 amide bonds. The molecule has 0 aromatic carbocycles. The third kappa shape index (κ3) is 3.87. The number of aliphatic hydroxyl groups is 1. The van der Waals surface area contributed by atoms with E-state index in [4.69, 9.17) is 4.42 Å². The largest absolute Gasteiger partial charge is 0.448 e. The molecule has 1 saturated heterocycles. The Kier molecular flexibility index (Phi) is 4.58. The van der Waals surface area contributed by atoms with E-state index in [0.29, 0.717) is 25.4 Å². The molecule has 2 N–H and O–H groups in total. The Labute approximate surface area is 145 Å². The maximum absolute atomic E-state index is 12.0. The Bertz CT molecular complexity index is 762. The normalized spacial score (nSPS) is 19.9. The Hall–Kier alpha value is -2.68. The summed E-state index contributed by atoms with van der Waals surface area (Å²) in [7, 11) is 3.82. The van der Waals surface area contributed by atoms with E-state index in [1.54, 1.807) is 6.92 Å². The number of aromatic nitrogens is 3. The molecular weight excluding hydrogens is 324 g/mol. The highest BCUT2D eigenvalue weighted by Crippen LogP contribution is 2.26. The Morgan fingerprint density at radius 2 is 2.28 bits per heavy atom. The molecule has 0 radical (unpaired) electrons. The van der Waals surface area contributed by atoms with Gasteiger partial charge < -0.3 is 24.6 Å². The molecule has 1 aliphatic rings. The zero-order chi connectivity index (χ0) is 18.0. The van der Waals surface area contributed by atoms with Crippen LogP contribution in [0.15, 0.2) is 23.1 Å². The SMILES string of the molecule is Cc1nc(C(=O)NC[C@]2(O)CCN(c3cc(N(C)C)ncn3)C2)co1. The Morgan fingerprint density at radius 3 is 2.96 bits per heavy atom. The van der Waals surface area contributed by atoms with Gasteiger partial charge in [-0.1, -0.05) is 0 Å². The molecule has 1 aliphatic heterocycles. The van der Waals surface area contributed by atoms with Crippen LogP contribution >= 0.6 is 0 Å². The van der Waals surface area contributed by atoms with Crippen molar-refractivity contribution >= 4 is 17.5 Å². The maximum atomic E-state index is 12.0. The quantitative estimate of drug-likeness (QED) is 0.791. The number of nitrogens with one attached hydrogen (secondary N) is 1. The molecule has 0 aliphatic carbocycles. The van der Waals surface area contributed by atoms with Crippen LogP contribution in [0.5, 0.6) is 0 Å². The van der Waals surface area contributed by atoms with Gasteiger partial charge in [-0.3, -0.25) is 4.79 Å². The maximum Gasteiger partial charge on any atom is 0.273 e. The van der Waals surface area contributed by atoms with Crippen LogP contribution in [0.1, 0.15) is 22.8 Å². The number of oxazole rings is 1. The van der Waals surface area contributed by atoms with E-state index in [2.05, 4.69) is 20.3 Å². The van der Waals surface area contributed by atoms with Crippen molar-refractivity contribution in [3.05, 3.63) is 30.2 Å². The molecule has 1 fully saturated rings. The van der Waals surface area contributed by atoms with Crippen LogP contribution in [-0.4, -0.2) is 65.3 Å². The second-order valence-electron chi connectivity index (χ2n) is 6.46. The van der Waals surface area contributed by atoms with Crippen LogP contribution in [0.4, 0.5) is 11.6 Å². The van der Waals surface area contributed by atoms with Gasteiger partial charge in [0.25, 0.3) is 5.91 Å². The van der Waals surface area contributed by atoms with Crippen molar-refractivity contribution in [1.29, 1.82) is 0 Å². The van der Waals surface area contributed by atoms with Crippen LogP contribution in [0.25, 0.3) is 0 Å². The third-order valence-corrected chi connectivity index (χ3v) is 4.18. The molecule has 2 aromatic heterocycles. The number of anilines is 2. The predicted octanol–water partition coefficient (Wildman–Crippen LogP) is 0.210. The predicted molar refractivity (Wildman–Crippen MR) is 91.7 cm³/mol. The minimum atomic E-state index is -1.02. The van der Waals surface area contributed by atoms with E-state index in [0.717, 1.165) is 11.6 Å². The minimum absolute atomic E-state index is 0.139. The summed E-state index contributed by atoms with van der Waals surface area (Å²) in [5.74, 6) is 1.63. The highest BCUT2D eigenvalue weighted by atomic mass is 16.3. The molecule has 3 heterocycles. The summed E-state index contributed by atoms with van der Waals surface area (Å²) in [5, 5.41) is 13.5. The summed E-state index contributed by atoms with van der Waals surface area (Å²) in [4.78, 5) is 28.4. The summed E-state index contributed by atoms with van der Waals surface area (Å²) in [6, 6.07) is 1.88. The van der Waals surface area contributed by atoms with Gasteiger partial charge in [-0.2, -0.15) is 0 Å². The summed E-state index contributed by atoms with van der Waals surface area (Å²) in [6.45, 7) is 2.84. The van der Waals surface area contributed by atoms with Crippen molar-refractivity contribution in [2.24, 2.45) is 0 Å². The molecule has 0 spiro atoms. The molecule has 9 heteroatoms. The van der Waals surface area contributed by atoms with Crippen LogP contribution in [0.2, 0.25) is 0 Å². The van der Waals surface area contributed by atoms with Crippen molar-refractivity contribution in [2.75, 3.05) is 43.5 Å². The lowest BCUT2D eigenvalue weighted by molar-refractivity contribution is 0.0574. The van der Waals surface area contributed by atoms with Gasteiger partial charge in [0.2, 0.25) is 0 Å². The number of nitrogens with zero attached hydrogens (tertiary/aromatic N) is 5. The fourth-order valence-corrected chi connectivity index (χ4v) is 2.75. The second kappa shape index (κ2) is 6.67. The third-order valence-electron chi connectivity index (χ3n) is 4.18. The number of hydrogen-bond donors (Lipinski definition) is 2. The van der Waals surface area contributed by atoms with Crippen LogP contribution in [0, 0.1) is 6.92 Å². The molecule has 25 heavy (non-hydrogen) atoms. The van der Waals surface area contributed by atoms with Gasteiger partial charge in [0.05, 0.1) is 0 Å². The summed E-state index contributed by atoms with van der Waals surface area (Å²) < 4.78 is 5.03. The first kappa shape index (κ1) is 17.2. The van der Waals surface area contributed by atoms with Crippen molar-refractivity contribution in [3.63, 3.8) is 0 Å². The molecule has 0 bridgehead atoms. The van der Waals surface area contributed by atoms with Gasteiger partial charge in [0, 0.05) is 46.7 Å². The van der Waals surface area contributed by atoms with Gasteiger partial charge in [0.1, 0.15) is 29.8 Å². The number of β-amino-alcohol motifs (C(OH)–C–C–N with tert-alkyl or cyclic N) is 1. The first-order valence-corrected chi connectivity index (χ1v) is 8.03. The van der Waals surface area contributed by atoms with E-state index < -0.39 is 5.60 Å². The van der Waals surface area contributed by atoms with Crippen LogP contribution in [-0.2, 0) is 0 Å². The number of rotatable bonds is 5. The van der Waals surface area contributed by atoms with E-state index in [1.165, 1.54) is 12.6 Å². The van der Waals surface area contributed by atoms with Gasteiger partial charge in [0.15, 0.2) is 11.6 Å². The average Bonchev–Trinajstić information content (AvgIpc) is 3.20. The number of carbonyl (C=O) groups excluding carboxylic acids is 1. The topological polar surface area (TPSA) is 108 Å². The fraction of sp³-hybridized carbons (Fsp3) is 0.500. The molecular formula is C16H22N6O3. The zero-order valence-electron chi connectivity index (χ0n) is 14.6. The number of amides is 1. The molecule has 2 aromatic rings. The van der Waals surface area contributed by atoms with Gasteiger partial charge >= 0.3 is 0 Å². The van der Waals surface area contributed by atoms with E-state index >= 15 is 0 Å². The van der Waals surface area contributed by atoms with Crippen molar-refractivity contribution < 1.29 is 14.3 Å². The standard InChI is InChI=1S/C16H22N6O3/c1-11-20-12(7-25-11)15(23)17-8-16(24)4-5-22(9-16)14-6-13(21(2)3)18-10-19-14/h6-7,10,24H,4-5,8-9H2,1-3H3,(H,17,23)/t16-/m1/s1. The first-order valence-electron chi connectivity index (χ1n) is 8.03. The summed E-state index contributed by atoms with van der Waals surface area (Å²) in [6.07, 6.45) is 3.35. The summed E-state index contributed by atoms with van der Waals surface area (Å²) in [5.41, 5.74) is -0.806. The monoisotopic (exact) mass is 346 g/mol. The van der Waals surface area contributed by atoms with E-state index in [-0.39, 0.29) is 18.1 Å². The molecule has 0 unspecified atom stereocenters. The van der Waals surface area contributed by atoms with Crippen molar-refractivity contribution in [2.45, 2.75) is 18.9 Å². The second-order valence-corrected chi connectivity index (χ2v) is 6.46. The lowest BCUT2D eigenvalue weighted by Crippen LogP contribution is -2.45. The zero-order valence-corrected chi connectivity index (χ0v) is 14.6. The highest BCUT2D eigenvalue weighted by molar-refractivity contribution is 5.91. The van der Waals surface area contributed by atoms with Crippen molar-refractivity contribution in [1.82, 2.24) is 20.3 Å². The van der Waals surface area contributed by atoms with Gasteiger partial charge in [-0.05, 0) is 6.42 Å².